The zero-order valence-electron chi connectivity index (χ0n) is 9.59. The lowest BCUT2D eigenvalue weighted by atomic mass is 10.2. The van der Waals surface area contributed by atoms with Crippen LogP contribution in [0.2, 0.25) is 0 Å². The monoisotopic (exact) mass is 260 g/mol. The molecule has 0 spiro atoms. The minimum atomic E-state index is -0.127. The number of hydrogen-bond acceptors (Lipinski definition) is 4. The zero-order chi connectivity index (χ0) is 12.5. The van der Waals surface area contributed by atoms with Gasteiger partial charge in [0.2, 0.25) is 0 Å². The molecule has 0 aliphatic carbocycles. The predicted molar refractivity (Wildman–Crippen MR) is 71.8 cm³/mol. The van der Waals surface area contributed by atoms with Crippen molar-refractivity contribution >= 4 is 29.0 Å². The summed E-state index contributed by atoms with van der Waals surface area (Å²) in [6.45, 7) is 0.680. The van der Waals surface area contributed by atoms with Gasteiger partial charge in [-0.1, -0.05) is 12.1 Å². The maximum atomic E-state index is 12.4. The number of para-hydroxylation sites is 1. The number of carbonyl (C=O) groups excluding carboxylic acids is 1. The number of aromatic amines is 1. The molecule has 1 aromatic carbocycles. The van der Waals surface area contributed by atoms with E-state index in [0.29, 0.717) is 17.9 Å². The standard InChI is InChI=1S/C12H12N4OS/c13-8-7-14-15-11(8)12(17)16-5-6-18-10-4-2-1-3-9(10)16/h1-4,7H,5-6,13H2,(H,14,15). The van der Waals surface area contributed by atoms with E-state index in [9.17, 15) is 4.79 Å². The number of amides is 1. The first-order chi connectivity index (χ1) is 8.77. The van der Waals surface area contributed by atoms with Gasteiger partial charge in [-0.05, 0) is 12.1 Å². The molecular formula is C12H12N4OS. The van der Waals surface area contributed by atoms with E-state index < -0.39 is 0 Å². The first kappa shape index (κ1) is 11.2. The van der Waals surface area contributed by atoms with Crippen LogP contribution in [0.5, 0.6) is 0 Å². The number of benzene rings is 1. The Kier molecular flexibility index (Phi) is 2.71. The summed E-state index contributed by atoms with van der Waals surface area (Å²) in [5, 5.41) is 6.45. The smallest absolute Gasteiger partial charge is 0.278 e. The lowest BCUT2D eigenvalue weighted by Gasteiger charge is -2.28. The largest absolute Gasteiger partial charge is 0.396 e. The van der Waals surface area contributed by atoms with Crippen LogP contribution < -0.4 is 10.6 Å². The molecule has 1 aromatic heterocycles. The SMILES string of the molecule is Nc1cn[nH]c1C(=O)N1CCSc2ccccc21. The summed E-state index contributed by atoms with van der Waals surface area (Å²) in [6, 6.07) is 7.88. The number of nitrogens with zero attached hydrogens (tertiary/aromatic N) is 2. The molecule has 0 atom stereocenters. The molecule has 0 radical (unpaired) electrons. The molecule has 6 heteroatoms. The van der Waals surface area contributed by atoms with Crippen LogP contribution in [0.1, 0.15) is 10.5 Å². The van der Waals surface area contributed by atoms with E-state index in [2.05, 4.69) is 10.2 Å². The van der Waals surface area contributed by atoms with Gasteiger partial charge < -0.3 is 10.6 Å². The Hall–Kier alpha value is -1.95. The number of anilines is 2. The highest BCUT2D eigenvalue weighted by Gasteiger charge is 2.25. The van der Waals surface area contributed by atoms with Gasteiger partial charge in [0, 0.05) is 17.2 Å². The molecule has 0 fully saturated rings. The average molecular weight is 260 g/mol. The molecule has 3 N–H and O–H groups in total. The Morgan fingerprint density at radius 3 is 3.06 bits per heavy atom. The third-order valence-electron chi connectivity index (χ3n) is 2.86. The van der Waals surface area contributed by atoms with Gasteiger partial charge in [-0.2, -0.15) is 5.10 Å². The molecule has 0 bridgehead atoms. The third kappa shape index (κ3) is 1.74. The van der Waals surface area contributed by atoms with E-state index in [1.165, 1.54) is 6.20 Å². The summed E-state index contributed by atoms with van der Waals surface area (Å²) in [7, 11) is 0. The number of nitrogens with one attached hydrogen (secondary N) is 1. The van der Waals surface area contributed by atoms with Gasteiger partial charge in [0.05, 0.1) is 17.6 Å². The Bertz CT molecular complexity index is 595. The van der Waals surface area contributed by atoms with Gasteiger partial charge in [0.1, 0.15) is 5.69 Å². The fraction of sp³-hybridized carbons (Fsp3) is 0.167. The van der Waals surface area contributed by atoms with Crippen molar-refractivity contribution in [2.24, 2.45) is 0 Å². The van der Waals surface area contributed by atoms with Crippen LogP contribution in [-0.2, 0) is 0 Å². The number of hydrogen-bond donors (Lipinski definition) is 2. The van der Waals surface area contributed by atoms with E-state index in [1.807, 2.05) is 24.3 Å². The molecule has 5 nitrogen and oxygen atoms in total. The Morgan fingerprint density at radius 1 is 1.44 bits per heavy atom. The number of nitrogen functional groups attached to an aromatic ring is 1. The summed E-state index contributed by atoms with van der Waals surface area (Å²) in [5.41, 5.74) is 7.40. The van der Waals surface area contributed by atoms with Crippen molar-refractivity contribution in [1.82, 2.24) is 10.2 Å². The number of rotatable bonds is 1. The summed E-state index contributed by atoms with van der Waals surface area (Å²) >= 11 is 1.76. The van der Waals surface area contributed by atoms with Crippen LogP contribution in [0.15, 0.2) is 35.4 Å². The van der Waals surface area contributed by atoms with Crippen molar-refractivity contribution in [1.29, 1.82) is 0 Å². The van der Waals surface area contributed by atoms with Gasteiger partial charge in [-0.15, -0.1) is 11.8 Å². The highest BCUT2D eigenvalue weighted by atomic mass is 32.2. The molecular weight excluding hydrogens is 248 g/mol. The van der Waals surface area contributed by atoms with Crippen LogP contribution in [-0.4, -0.2) is 28.4 Å². The van der Waals surface area contributed by atoms with E-state index >= 15 is 0 Å². The second-order valence-corrected chi connectivity index (χ2v) is 5.11. The Labute approximate surface area is 108 Å². The van der Waals surface area contributed by atoms with Crippen molar-refractivity contribution in [3.05, 3.63) is 36.2 Å². The zero-order valence-corrected chi connectivity index (χ0v) is 10.4. The predicted octanol–water partition coefficient (Wildman–Crippen LogP) is 1.74. The fourth-order valence-electron chi connectivity index (χ4n) is 1.98. The first-order valence-corrected chi connectivity index (χ1v) is 6.58. The number of carbonyl (C=O) groups is 1. The maximum Gasteiger partial charge on any atom is 0.278 e. The second-order valence-electron chi connectivity index (χ2n) is 3.97. The highest BCUT2D eigenvalue weighted by Crippen LogP contribution is 2.35. The van der Waals surface area contributed by atoms with Crippen LogP contribution in [0.4, 0.5) is 11.4 Å². The van der Waals surface area contributed by atoms with Crippen LogP contribution in [0.25, 0.3) is 0 Å². The van der Waals surface area contributed by atoms with Gasteiger partial charge in [-0.3, -0.25) is 9.89 Å². The maximum absolute atomic E-state index is 12.4. The number of nitrogens with two attached hydrogens (primary N) is 1. The van der Waals surface area contributed by atoms with Crippen molar-refractivity contribution in [3.63, 3.8) is 0 Å². The van der Waals surface area contributed by atoms with E-state index in [-0.39, 0.29) is 5.91 Å². The molecule has 92 valence electrons. The summed E-state index contributed by atoms with van der Waals surface area (Å²) in [5.74, 6) is 0.759. The summed E-state index contributed by atoms with van der Waals surface area (Å²) in [6.07, 6.45) is 1.46. The van der Waals surface area contributed by atoms with Gasteiger partial charge in [-0.25, -0.2) is 0 Å². The molecule has 0 saturated heterocycles. The number of aromatic nitrogens is 2. The van der Waals surface area contributed by atoms with E-state index in [0.717, 1.165) is 16.3 Å². The summed E-state index contributed by atoms with van der Waals surface area (Å²) < 4.78 is 0. The first-order valence-electron chi connectivity index (χ1n) is 5.60. The van der Waals surface area contributed by atoms with Gasteiger partial charge in [0.25, 0.3) is 5.91 Å². The minimum absolute atomic E-state index is 0.127. The molecule has 18 heavy (non-hydrogen) atoms. The molecule has 2 aromatic rings. The van der Waals surface area contributed by atoms with Crippen molar-refractivity contribution < 1.29 is 4.79 Å². The number of thioether (sulfide) groups is 1. The molecule has 0 unspecified atom stereocenters. The summed E-state index contributed by atoms with van der Waals surface area (Å²) in [4.78, 5) is 15.3. The van der Waals surface area contributed by atoms with Crippen LogP contribution in [0.3, 0.4) is 0 Å². The second kappa shape index (κ2) is 4.38. The molecule has 3 rings (SSSR count). The molecule has 0 saturated carbocycles. The molecule has 1 aliphatic heterocycles. The third-order valence-corrected chi connectivity index (χ3v) is 3.90. The topological polar surface area (TPSA) is 75.0 Å². The molecule has 2 heterocycles. The van der Waals surface area contributed by atoms with Crippen molar-refractivity contribution in [2.75, 3.05) is 22.9 Å². The lowest BCUT2D eigenvalue weighted by molar-refractivity contribution is 0.0984. The van der Waals surface area contributed by atoms with E-state index in [1.54, 1.807) is 16.7 Å². The van der Waals surface area contributed by atoms with Gasteiger partial charge >= 0.3 is 0 Å². The number of fused-ring (bicyclic) bond motifs is 1. The highest BCUT2D eigenvalue weighted by molar-refractivity contribution is 7.99. The lowest BCUT2D eigenvalue weighted by Crippen LogP contribution is -2.36. The van der Waals surface area contributed by atoms with Gasteiger partial charge in [0.15, 0.2) is 0 Å². The van der Waals surface area contributed by atoms with Crippen LogP contribution in [0, 0.1) is 0 Å². The average Bonchev–Trinajstić information content (AvgIpc) is 2.83. The molecule has 1 amide bonds. The minimum Gasteiger partial charge on any atom is -0.396 e. The normalized spacial score (nSPS) is 14.3. The Balaban J connectivity index is 2.00. The van der Waals surface area contributed by atoms with E-state index in [4.69, 9.17) is 5.73 Å². The quantitative estimate of drug-likeness (QED) is 0.819. The van der Waals surface area contributed by atoms with Crippen LogP contribution >= 0.6 is 11.8 Å². The Morgan fingerprint density at radius 2 is 2.28 bits per heavy atom. The van der Waals surface area contributed by atoms with Crippen molar-refractivity contribution in [3.8, 4) is 0 Å². The van der Waals surface area contributed by atoms with Crippen molar-refractivity contribution in [2.45, 2.75) is 4.90 Å². The fourth-order valence-corrected chi connectivity index (χ4v) is 2.98. The number of H-pyrrole nitrogens is 1. The molecule has 1 aliphatic rings.